The molecule has 1 heterocycles. The lowest BCUT2D eigenvalue weighted by molar-refractivity contribution is -0.118. The summed E-state index contributed by atoms with van der Waals surface area (Å²) in [6, 6.07) is 7.16. The first-order chi connectivity index (χ1) is 12.4. The number of hydrogen-bond donors (Lipinski definition) is 1. The Labute approximate surface area is 153 Å². The average molecular weight is 379 g/mol. The van der Waals surface area contributed by atoms with Gasteiger partial charge in [0.2, 0.25) is 11.7 Å². The van der Waals surface area contributed by atoms with Gasteiger partial charge in [-0.15, -0.1) is 11.3 Å². The zero-order valence-electron chi connectivity index (χ0n) is 14.3. The van der Waals surface area contributed by atoms with Gasteiger partial charge >= 0.3 is 5.97 Å². The highest BCUT2D eigenvalue weighted by atomic mass is 32.1. The first-order valence-electron chi connectivity index (χ1n) is 7.77. The molecule has 0 bridgehead atoms. The van der Waals surface area contributed by atoms with E-state index in [1.54, 1.807) is 12.1 Å². The molecular weight excluding hydrogens is 361 g/mol. The number of thiophene rings is 1. The molecule has 0 atom stereocenters. The molecular formula is C18H18FNO5S. The predicted octanol–water partition coefficient (Wildman–Crippen LogP) is 2.61. The van der Waals surface area contributed by atoms with Crippen LogP contribution in [-0.2, 0) is 16.0 Å². The number of carbonyl (C=O) groups excluding carboxylic acids is 3. The number of Topliss-reactive ketones (excluding diaryl/α,β-unsaturated/α-hetero) is 1. The Morgan fingerprint density at radius 3 is 2.62 bits per heavy atom. The number of ketones is 1. The number of ether oxygens (including phenoxy) is 2. The lowest BCUT2D eigenvalue weighted by Crippen LogP contribution is -2.22. The maximum atomic E-state index is 13.8. The van der Waals surface area contributed by atoms with E-state index in [2.05, 4.69) is 5.32 Å². The van der Waals surface area contributed by atoms with E-state index in [1.165, 1.54) is 37.5 Å². The summed E-state index contributed by atoms with van der Waals surface area (Å²) in [5.74, 6) is -1.90. The van der Waals surface area contributed by atoms with E-state index in [9.17, 15) is 18.8 Å². The molecule has 0 radical (unpaired) electrons. The first kappa shape index (κ1) is 19.6. The second-order valence-electron chi connectivity index (χ2n) is 5.34. The maximum absolute atomic E-state index is 13.8. The van der Waals surface area contributed by atoms with Crippen LogP contribution in [0.25, 0.3) is 0 Å². The summed E-state index contributed by atoms with van der Waals surface area (Å²) in [5.41, 5.74) is -0.263. The van der Waals surface area contributed by atoms with Gasteiger partial charge in [-0.3, -0.25) is 9.59 Å². The lowest BCUT2D eigenvalue weighted by Gasteiger charge is -2.06. The zero-order valence-corrected chi connectivity index (χ0v) is 15.2. The van der Waals surface area contributed by atoms with Crippen LogP contribution in [0.3, 0.4) is 0 Å². The average Bonchev–Trinajstić information content (AvgIpc) is 3.07. The molecule has 138 valence electrons. The second-order valence-corrected chi connectivity index (χ2v) is 6.51. The second kappa shape index (κ2) is 9.10. The van der Waals surface area contributed by atoms with Crippen molar-refractivity contribution in [2.24, 2.45) is 0 Å². The molecule has 2 rings (SSSR count). The molecule has 0 aliphatic heterocycles. The molecule has 1 aromatic heterocycles. The maximum Gasteiger partial charge on any atom is 0.341 e. The van der Waals surface area contributed by atoms with Crippen molar-refractivity contribution in [3.8, 4) is 5.75 Å². The molecule has 0 unspecified atom stereocenters. The van der Waals surface area contributed by atoms with Crippen molar-refractivity contribution in [1.82, 2.24) is 5.32 Å². The molecule has 0 saturated carbocycles. The zero-order chi connectivity index (χ0) is 19.1. The Morgan fingerprint density at radius 2 is 1.96 bits per heavy atom. The minimum Gasteiger partial charge on any atom is -0.497 e. The monoisotopic (exact) mass is 379 g/mol. The van der Waals surface area contributed by atoms with Crippen LogP contribution in [0.15, 0.2) is 30.3 Å². The summed E-state index contributed by atoms with van der Waals surface area (Å²) in [6.45, 7) is 1.44. The predicted molar refractivity (Wildman–Crippen MR) is 94.3 cm³/mol. The highest BCUT2D eigenvalue weighted by Crippen LogP contribution is 2.19. The fourth-order valence-corrected chi connectivity index (χ4v) is 3.02. The largest absolute Gasteiger partial charge is 0.497 e. The summed E-state index contributed by atoms with van der Waals surface area (Å²) in [7, 11) is 1.39. The minimum absolute atomic E-state index is 0.115. The van der Waals surface area contributed by atoms with Gasteiger partial charge in [0, 0.05) is 24.4 Å². The van der Waals surface area contributed by atoms with Crippen molar-refractivity contribution in [3.63, 3.8) is 0 Å². The van der Waals surface area contributed by atoms with Crippen LogP contribution in [0.1, 0.15) is 31.8 Å². The molecule has 0 spiro atoms. The molecule has 26 heavy (non-hydrogen) atoms. The lowest BCUT2D eigenvalue weighted by atomic mass is 10.2. The summed E-state index contributed by atoms with van der Waals surface area (Å²) < 4.78 is 23.6. The van der Waals surface area contributed by atoms with E-state index >= 15 is 0 Å². The normalized spacial score (nSPS) is 10.3. The van der Waals surface area contributed by atoms with Gasteiger partial charge in [0.1, 0.15) is 11.6 Å². The molecule has 0 aliphatic carbocycles. The van der Waals surface area contributed by atoms with Gasteiger partial charge in [0.25, 0.3) is 0 Å². The third kappa shape index (κ3) is 5.38. The number of benzene rings is 1. The van der Waals surface area contributed by atoms with Crippen molar-refractivity contribution in [1.29, 1.82) is 0 Å². The van der Waals surface area contributed by atoms with Crippen molar-refractivity contribution >= 4 is 29.0 Å². The fourth-order valence-electron chi connectivity index (χ4n) is 2.09. The standard InChI is InChI=1S/C18H18FNO5S/c1-11(21)20-8-7-13-4-6-17(26-13)16(22)10-25-18(23)14-5-3-12(24-2)9-15(14)19/h3-6,9H,7-8,10H2,1-2H3,(H,20,21). The number of halogens is 1. The molecule has 0 aliphatic rings. The Hall–Kier alpha value is -2.74. The van der Waals surface area contributed by atoms with E-state index in [0.717, 1.165) is 10.9 Å². The fraction of sp³-hybridized carbons (Fsp3) is 0.278. The van der Waals surface area contributed by atoms with E-state index in [0.29, 0.717) is 17.8 Å². The summed E-state index contributed by atoms with van der Waals surface area (Å²) in [5, 5.41) is 2.67. The van der Waals surface area contributed by atoms with Gasteiger partial charge in [0.05, 0.1) is 17.6 Å². The number of amides is 1. The number of hydrogen-bond acceptors (Lipinski definition) is 6. The van der Waals surface area contributed by atoms with Crippen LogP contribution >= 0.6 is 11.3 Å². The van der Waals surface area contributed by atoms with Crippen molar-refractivity contribution in [2.75, 3.05) is 20.3 Å². The summed E-state index contributed by atoms with van der Waals surface area (Å²) in [4.78, 5) is 36.2. The van der Waals surface area contributed by atoms with E-state index in [1.807, 2.05) is 0 Å². The highest BCUT2D eigenvalue weighted by Gasteiger charge is 2.17. The van der Waals surface area contributed by atoms with Gasteiger partial charge < -0.3 is 14.8 Å². The number of carbonyl (C=O) groups is 3. The van der Waals surface area contributed by atoms with Crippen LogP contribution < -0.4 is 10.1 Å². The molecule has 1 aromatic carbocycles. The molecule has 1 N–H and O–H groups in total. The molecule has 1 amide bonds. The number of rotatable bonds is 8. The van der Waals surface area contributed by atoms with E-state index < -0.39 is 18.4 Å². The molecule has 6 nitrogen and oxygen atoms in total. The van der Waals surface area contributed by atoms with E-state index in [4.69, 9.17) is 9.47 Å². The van der Waals surface area contributed by atoms with Crippen LogP contribution in [-0.4, -0.2) is 37.9 Å². The Kier molecular flexibility index (Phi) is 6.85. The number of nitrogens with one attached hydrogen (secondary N) is 1. The Balaban J connectivity index is 1.89. The van der Waals surface area contributed by atoms with Crippen molar-refractivity contribution in [3.05, 3.63) is 51.5 Å². The first-order valence-corrected chi connectivity index (χ1v) is 8.59. The molecule has 8 heteroatoms. The number of methoxy groups -OCH3 is 1. The van der Waals surface area contributed by atoms with Crippen molar-refractivity contribution < 1.29 is 28.2 Å². The smallest absolute Gasteiger partial charge is 0.341 e. The quantitative estimate of drug-likeness (QED) is 0.563. The molecule has 2 aromatic rings. The Morgan fingerprint density at radius 1 is 1.19 bits per heavy atom. The molecule has 0 fully saturated rings. The third-order valence-electron chi connectivity index (χ3n) is 3.41. The minimum atomic E-state index is -0.916. The summed E-state index contributed by atoms with van der Waals surface area (Å²) in [6.07, 6.45) is 0.606. The van der Waals surface area contributed by atoms with Crippen LogP contribution in [0.4, 0.5) is 4.39 Å². The van der Waals surface area contributed by atoms with E-state index in [-0.39, 0.29) is 23.0 Å². The Bertz CT molecular complexity index is 818. The van der Waals surface area contributed by atoms with Crippen molar-refractivity contribution in [2.45, 2.75) is 13.3 Å². The topological polar surface area (TPSA) is 81.7 Å². The van der Waals surface area contributed by atoms with Gasteiger partial charge in [-0.05, 0) is 30.7 Å². The van der Waals surface area contributed by atoms with Crippen LogP contribution in [0, 0.1) is 5.82 Å². The summed E-state index contributed by atoms with van der Waals surface area (Å²) >= 11 is 1.27. The highest BCUT2D eigenvalue weighted by molar-refractivity contribution is 7.14. The van der Waals surface area contributed by atoms with Gasteiger partial charge in [-0.25, -0.2) is 9.18 Å². The molecule has 0 saturated heterocycles. The SMILES string of the molecule is COc1ccc(C(=O)OCC(=O)c2ccc(CCNC(C)=O)s2)c(F)c1. The van der Waals surface area contributed by atoms with Crippen LogP contribution in [0.5, 0.6) is 5.75 Å². The van der Waals surface area contributed by atoms with Crippen LogP contribution in [0.2, 0.25) is 0 Å². The van der Waals surface area contributed by atoms with Gasteiger partial charge in [-0.1, -0.05) is 0 Å². The third-order valence-corrected chi connectivity index (χ3v) is 4.60. The number of esters is 1. The van der Waals surface area contributed by atoms with Gasteiger partial charge in [-0.2, -0.15) is 0 Å². The van der Waals surface area contributed by atoms with Gasteiger partial charge in [0.15, 0.2) is 6.61 Å².